The molecule has 0 aromatic carbocycles. The molecule has 0 bridgehead atoms. The van der Waals surface area contributed by atoms with E-state index in [-0.39, 0.29) is 11.5 Å². The van der Waals surface area contributed by atoms with Crippen molar-refractivity contribution >= 4 is 5.91 Å². The lowest BCUT2D eigenvalue weighted by Gasteiger charge is -2.29. The molecule has 0 radical (unpaired) electrons. The largest absolute Gasteiger partial charge is 0.337 e. The van der Waals surface area contributed by atoms with Gasteiger partial charge >= 0.3 is 0 Å². The predicted molar refractivity (Wildman–Crippen MR) is 59.2 cm³/mol. The number of aromatic amines is 1. The molecule has 0 aliphatic carbocycles. The highest BCUT2D eigenvalue weighted by Crippen LogP contribution is 2.17. The smallest absolute Gasteiger partial charge is 0.273 e. The Morgan fingerprint density at radius 1 is 1.50 bits per heavy atom. The highest BCUT2D eigenvalue weighted by Gasteiger charge is 2.22. The first kappa shape index (κ1) is 10.9. The second-order valence-corrected chi connectivity index (χ2v) is 4.27. The van der Waals surface area contributed by atoms with Crippen molar-refractivity contribution in [2.45, 2.75) is 19.8 Å². The van der Waals surface area contributed by atoms with Crippen molar-refractivity contribution in [3.05, 3.63) is 28.4 Å². The number of carbonyl (C=O) groups is 1. The zero-order valence-electron chi connectivity index (χ0n) is 9.27. The molecule has 1 aliphatic heterocycles. The summed E-state index contributed by atoms with van der Waals surface area (Å²) in [6.45, 7) is 3.75. The third-order valence-corrected chi connectivity index (χ3v) is 2.96. The Kier molecular flexibility index (Phi) is 3.03. The molecule has 1 N–H and O–H groups in total. The highest BCUT2D eigenvalue weighted by atomic mass is 16.2. The van der Waals surface area contributed by atoms with E-state index in [0.29, 0.717) is 11.6 Å². The van der Waals surface area contributed by atoms with Crippen LogP contribution in [0, 0.1) is 5.92 Å². The summed E-state index contributed by atoms with van der Waals surface area (Å²) in [6, 6.07) is 0. The van der Waals surface area contributed by atoms with E-state index in [9.17, 15) is 9.59 Å². The normalized spacial score (nSPS) is 17.4. The van der Waals surface area contributed by atoms with E-state index in [0.717, 1.165) is 32.1 Å². The summed E-state index contributed by atoms with van der Waals surface area (Å²) in [5.74, 6) is 0.593. The zero-order valence-corrected chi connectivity index (χ0v) is 9.27. The van der Waals surface area contributed by atoms with E-state index in [1.165, 1.54) is 6.20 Å². The average Bonchev–Trinajstić information content (AvgIpc) is 2.30. The summed E-state index contributed by atoms with van der Waals surface area (Å²) >= 11 is 0. The maximum Gasteiger partial charge on any atom is 0.273 e. The molecule has 0 atom stereocenters. The highest BCUT2D eigenvalue weighted by molar-refractivity contribution is 5.91. The fraction of sp³-hybridized carbons (Fsp3) is 0.545. The first-order valence-electron chi connectivity index (χ1n) is 5.51. The van der Waals surface area contributed by atoms with Gasteiger partial charge in [0.1, 0.15) is 5.69 Å². The molecule has 0 unspecified atom stereocenters. The number of hydrogen-bond donors (Lipinski definition) is 1. The minimum absolute atomic E-state index is 0.0943. The molecule has 1 fully saturated rings. The monoisotopic (exact) mass is 221 g/mol. The maximum absolute atomic E-state index is 12.0. The molecule has 5 nitrogen and oxygen atoms in total. The summed E-state index contributed by atoms with van der Waals surface area (Å²) in [5.41, 5.74) is 0.0259. The van der Waals surface area contributed by atoms with Gasteiger partial charge in [0.05, 0.1) is 6.20 Å². The maximum atomic E-state index is 12.0. The Balaban J connectivity index is 2.07. The summed E-state index contributed by atoms with van der Waals surface area (Å²) < 4.78 is 0. The molecule has 16 heavy (non-hydrogen) atoms. The molecule has 1 aromatic heterocycles. The van der Waals surface area contributed by atoms with Crippen LogP contribution in [0.2, 0.25) is 0 Å². The van der Waals surface area contributed by atoms with Crippen LogP contribution < -0.4 is 5.56 Å². The van der Waals surface area contributed by atoms with Crippen LogP contribution in [-0.4, -0.2) is 33.9 Å². The summed E-state index contributed by atoms with van der Waals surface area (Å²) in [5, 5.41) is 0. The van der Waals surface area contributed by atoms with Crippen LogP contribution in [0.15, 0.2) is 17.2 Å². The molecule has 1 saturated heterocycles. The molecule has 1 amide bonds. The van der Waals surface area contributed by atoms with Gasteiger partial charge in [-0.15, -0.1) is 0 Å². The first-order chi connectivity index (χ1) is 7.66. The lowest BCUT2D eigenvalue weighted by Crippen LogP contribution is -2.38. The first-order valence-corrected chi connectivity index (χ1v) is 5.51. The van der Waals surface area contributed by atoms with E-state index in [1.54, 1.807) is 4.90 Å². The van der Waals surface area contributed by atoms with E-state index >= 15 is 0 Å². The Hall–Kier alpha value is -1.65. The van der Waals surface area contributed by atoms with Gasteiger partial charge in [-0.2, -0.15) is 0 Å². The lowest BCUT2D eigenvalue weighted by atomic mass is 9.99. The van der Waals surface area contributed by atoms with Crippen LogP contribution in [0.4, 0.5) is 0 Å². The van der Waals surface area contributed by atoms with Gasteiger partial charge in [-0.3, -0.25) is 9.59 Å². The Bertz CT molecular complexity index is 413. The molecule has 0 spiro atoms. The predicted octanol–water partition coefficient (Wildman–Crippen LogP) is 0.642. The van der Waals surface area contributed by atoms with Gasteiger partial charge in [-0.1, -0.05) is 6.92 Å². The topological polar surface area (TPSA) is 66.1 Å². The van der Waals surface area contributed by atoms with Gasteiger partial charge in [-0.25, -0.2) is 4.98 Å². The molecule has 1 aromatic rings. The summed E-state index contributed by atoms with van der Waals surface area (Å²) in [4.78, 5) is 30.9. The number of piperidine rings is 1. The van der Waals surface area contributed by atoms with Crippen LogP contribution >= 0.6 is 0 Å². The molecule has 5 heteroatoms. The number of H-pyrrole nitrogens is 1. The van der Waals surface area contributed by atoms with Gasteiger partial charge in [0.2, 0.25) is 0 Å². The quantitative estimate of drug-likeness (QED) is 0.756. The molecule has 2 heterocycles. The zero-order chi connectivity index (χ0) is 11.5. The third kappa shape index (κ3) is 2.29. The SMILES string of the molecule is CC1CCN(C(=O)c2c[nH]c(=O)cn2)CC1. The van der Waals surface area contributed by atoms with E-state index < -0.39 is 0 Å². The van der Waals surface area contributed by atoms with E-state index in [1.807, 2.05) is 0 Å². The number of aromatic nitrogens is 2. The van der Waals surface area contributed by atoms with Crippen molar-refractivity contribution < 1.29 is 4.79 Å². The Labute approximate surface area is 93.5 Å². The number of nitrogens with zero attached hydrogens (tertiary/aromatic N) is 2. The number of carbonyl (C=O) groups excluding carboxylic acids is 1. The minimum atomic E-state index is -0.288. The van der Waals surface area contributed by atoms with Gasteiger partial charge in [0.25, 0.3) is 11.5 Å². The molecule has 0 saturated carbocycles. The van der Waals surface area contributed by atoms with Crippen molar-refractivity contribution in [3.8, 4) is 0 Å². The van der Waals surface area contributed by atoms with Crippen molar-refractivity contribution in [2.75, 3.05) is 13.1 Å². The second-order valence-electron chi connectivity index (χ2n) is 4.27. The minimum Gasteiger partial charge on any atom is -0.337 e. The fourth-order valence-electron chi connectivity index (χ4n) is 1.83. The number of amides is 1. The van der Waals surface area contributed by atoms with Crippen molar-refractivity contribution in [3.63, 3.8) is 0 Å². The third-order valence-electron chi connectivity index (χ3n) is 2.96. The van der Waals surface area contributed by atoms with Gasteiger partial charge in [-0.05, 0) is 18.8 Å². The summed E-state index contributed by atoms with van der Waals surface area (Å²) in [6.07, 6.45) is 4.59. The standard InChI is InChI=1S/C11H15N3O2/c1-8-2-4-14(5-3-8)11(16)9-6-13-10(15)7-12-9/h6-8H,2-5H2,1H3,(H,13,15). The van der Waals surface area contributed by atoms with Crippen LogP contribution in [0.1, 0.15) is 30.3 Å². The van der Waals surface area contributed by atoms with Crippen LogP contribution in [0.25, 0.3) is 0 Å². The van der Waals surface area contributed by atoms with Crippen molar-refractivity contribution in [1.29, 1.82) is 0 Å². The molecular formula is C11H15N3O2. The number of likely N-dealkylation sites (tertiary alicyclic amines) is 1. The van der Waals surface area contributed by atoms with Crippen molar-refractivity contribution in [2.24, 2.45) is 5.92 Å². The van der Waals surface area contributed by atoms with Gasteiger partial charge in [0.15, 0.2) is 0 Å². The summed E-state index contributed by atoms with van der Waals surface area (Å²) in [7, 11) is 0. The number of hydrogen-bond acceptors (Lipinski definition) is 3. The molecule has 1 aliphatic rings. The van der Waals surface area contributed by atoms with Crippen LogP contribution in [-0.2, 0) is 0 Å². The Morgan fingerprint density at radius 2 is 2.19 bits per heavy atom. The number of nitrogens with one attached hydrogen (secondary N) is 1. The molecule has 86 valence electrons. The van der Waals surface area contributed by atoms with Crippen LogP contribution in [0.5, 0.6) is 0 Å². The Morgan fingerprint density at radius 3 is 2.75 bits per heavy atom. The van der Waals surface area contributed by atoms with Crippen molar-refractivity contribution in [1.82, 2.24) is 14.9 Å². The number of rotatable bonds is 1. The lowest BCUT2D eigenvalue weighted by molar-refractivity contribution is 0.0690. The van der Waals surface area contributed by atoms with Gasteiger partial charge < -0.3 is 9.88 Å². The van der Waals surface area contributed by atoms with Gasteiger partial charge in [0, 0.05) is 19.3 Å². The second kappa shape index (κ2) is 4.47. The van der Waals surface area contributed by atoms with E-state index in [2.05, 4.69) is 16.9 Å². The average molecular weight is 221 g/mol. The van der Waals surface area contributed by atoms with Crippen LogP contribution in [0.3, 0.4) is 0 Å². The molecule has 2 rings (SSSR count). The van der Waals surface area contributed by atoms with E-state index in [4.69, 9.17) is 0 Å². The molecular weight excluding hydrogens is 206 g/mol. The fourth-order valence-corrected chi connectivity index (χ4v) is 1.83.